The lowest BCUT2D eigenvalue weighted by molar-refractivity contribution is -0.154. The Kier molecular flexibility index (Phi) is 8.72. The molecule has 9 heteroatoms. The van der Waals surface area contributed by atoms with Gasteiger partial charge in [0.2, 0.25) is 0 Å². The van der Waals surface area contributed by atoms with Crippen LogP contribution in [0.15, 0.2) is 83.5 Å². The van der Waals surface area contributed by atoms with E-state index < -0.39 is 18.5 Å². The average molecular weight is 579 g/mol. The Morgan fingerprint density at radius 3 is 2.50 bits per heavy atom. The number of para-hydroxylation sites is 2. The van der Waals surface area contributed by atoms with Crippen LogP contribution < -0.4 is 9.47 Å². The van der Waals surface area contributed by atoms with Crippen LogP contribution in [0.2, 0.25) is 10.0 Å². The van der Waals surface area contributed by atoms with Crippen molar-refractivity contribution < 1.29 is 23.8 Å². The molecule has 1 fully saturated rings. The molecule has 1 amide bonds. The molecular formula is C31H28Cl2N2O5. The van der Waals surface area contributed by atoms with Gasteiger partial charge in [0.1, 0.15) is 0 Å². The molecule has 206 valence electrons. The molecule has 0 bridgehead atoms. The predicted molar refractivity (Wildman–Crippen MR) is 155 cm³/mol. The summed E-state index contributed by atoms with van der Waals surface area (Å²) >= 11 is 12.4. The second-order valence-electron chi connectivity index (χ2n) is 9.54. The summed E-state index contributed by atoms with van der Waals surface area (Å²) in [5.74, 6) is -0.198. The lowest BCUT2D eigenvalue weighted by Gasteiger charge is -2.29. The third-order valence-corrected chi connectivity index (χ3v) is 7.42. The largest absolute Gasteiger partial charge is 0.493 e. The van der Waals surface area contributed by atoms with Crippen LogP contribution in [-0.2, 0) is 14.3 Å². The van der Waals surface area contributed by atoms with E-state index in [1.54, 1.807) is 36.4 Å². The highest BCUT2D eigenvalue weighted by Crippen LogP contribution is 2.44. The zero-order chi connectivity index (χ0) is 28.1. The molecule has 0 spiro atoms. The van der Waals surface area contributed by atoms with Gasteiger partial charge in [-0.3, -0.25) is 4.79 Å². The number of methoxy groups -OCH3 is 1. The third-order valence-electron chi connectivity index (χ3n) is 6.93. The van der Waals surface area contributed by atoms with Crippen molar-refractivity contribution >= 4 is 46.9 Å². The minimum absolute atomic E-state index is 0.00566. The number of hydrazone groups is 1. The maximum Gasteiger partial charge on any atom is 0.344 e. The highest BCUT2D eigenvalue weighted by Gasteiger charge is 2.43. The first-order chi connectivity index (χ1) is 19.4. The summed E-state index contributed by atoms with van der Waals surface area (Å²) in [6.07, 6.45) is 4.75. The number of hydrogen-bond donors (Lipinski definition) is 0. The molecule has 2 atom stereocenters. The zero-order valence-electron chi connectivity index (χ0n) is 21.9. The summed E-state index contributed by atoms with van der Waals surface area (Å²) in [6, 6.07) is 21.7. The van der Waals surface area contributed by atoms with E-state index in [1.165, 1.54) is 12.1 Å². The number of allylic oxidation sites excluding steroid dienone is 1. The van der Waals surface area contributed by atoms with Crippen molar-refractivity contribution in [2.75, 3.05) is 20.3 Å². The van der Waals surface area contributed by atoms with Crippen LogP contribution in [0.25, 0.3) is 6.08 Å². The van der Waals surface area contributed by atoms with Crippen LogP contribution in [-0.4, -0.2) is 42.9 Å². The van der Waals surface area contributed by atoms with E-state index in [0.717, 1.165) is 41.7 Å². The van der Waals surface area contributed by atoms with Gasteiger partial charge in [-0.1, -0.05) is 59.6 Å². The van der Waals surface area contributed by atoms with Gasteiger partial charge in [0.15, 0.2) is 24.7 Å². The second-order valence-corrected chi connectivity index (χ2v) is 10.4. The summed E-state index contributed by atoms with van der Waals surface area (Å²) in [5.41, 5.74) is 3.82. The molecular weight excluding hydrogens is 551 g/mol. The maximum absolute atomic E-state index is 13.4. The normalized spacial score (nSPS) is 19.1. The molecule has 2 aliphatic rings. The third kappa shape index (κ3) is 6.32. The van der Waals surface area contributed by atoms with Crippen molar-refractivity contribution in [1.29, 1.82) is 0 Å². The summed E-state index contributed by atoms with van der Waals surface area (Å²) in [4.78, 5) is 25.9. The van der Waals surface area contributed by atoms with Crippen molar-refractivity contribution in [2.24, 2.45) is 11.0 Å². The SMILES string of the molecule is COc1ccccc1OCC(=O)OCC(=O)N1N=C2C(=Cc3cccc(Cl)c3)CCCC2C1c1ccc(Cl)cc1. The molecule has 3 aromatic carbocycles. The fourth-order valence-corrected chi connectivity index (χ4v) is 5.45. The highest BCUT2D eigenvalue weighted by molar-refractivity contribution is 6.31. The Bertz CT molecular complexity index is 1450. The van der Waals surface area contributed by atoms with E-state index in [4.69, 9.17) is 42.5 Å². The lowest BCUT2D eigenvalue weighted by atomic mass is 9.77. The molecule has 5 rings (SSSR count). The van der Waals surface area contributed by atoms with E-state index in [1.807, 2.05) is 36.4 Å². The van der Waals surface area contributed by atoms with Crippen LogP contribution in [0.4, 0.5) is 0 Å². The number of fused-ring (bicyclic) bond motifs is 1. The van der Waals surface area contributed by atoms with Crippen molar-refractivity contribution in [1.82, 2.24) is 5.01 Å². The summed E-state index contributed by atoms with van der Waals surface area (Å²) in [5, 5.41) is 7.53. The smallest absolute Gasteiger partial charge is 0.344 e. The number of amides is 1. The molecule has 0 N–H and O–H groups in total. The molecule has 7 nitrogen and oxygen atoms in total. The number of benzene rings is 3. The van der Waals surface area contributed by atoms with Crippen LogP contribution >= 0.6 is 23.2 Å². The topological polar surface area (TPSA) is 77.4 Å². The van der Waals surface area contributed by atoms with Crippen molar-refractivity contribution in [2.45, 2.75) is 25.3 Å². The Morgan fingerprint density at radius 1 is 0.975 bits per heavy atom. The fraction of sp³-hybridized carbons (Fsp3) is 0.258. The minimum atomic E-state index is -0.673. The molecule has 1 aliphatic carbocycles. The highest BCUT2D eigenvalue weighted by atomic mass is 35.5. The standard InChI is InChI=1S/C31H28Cl2N2O5/c1-38-26-10-2-3-11-27(26)39-19-29(37)40-18-28(36)35-31(21-12-14-23(32)15-13-21)25-9-5-7-22(30(25)34-35)16-20-6-4-8-24(33)17-20/h2-4,6,8,10-17,25,31H,5,7,9,18-19H2,1H3. The van der Waals surface area contributed by atoms with Gasteiger partial charge in [0.25, 0.3) is 5.91 Å². The van der Waals surface area contributed by atoms with Gasteiger partial charge in [0, 0.05) is 16.0 Å². The quantitative estimate of drug-likeness (QED) is 0.276. The van der Waals surface area contributed by atoms with Gasteiger partial charge >= 0.3 is 5.97 Å². The first-order valence-electron chi connectivity index (χ1n) is 13.0. The number of nitrogens with zero attached hydrogens (tertiary/aromatic N) is 2. The maximum atomic E-state index is 13.4. The summed E-state index contributed by atoms with van der Waals surface area (Å²) in [6.45, 7) is -0.826. The molecule has 1 saturated carbocycles. The number of rotatable bonds is 8. The van der Waals surface area contributed by atoms with Crippen LogP contribution in [0, 0.1) is 5.92 Å². The Labute approximate surface area is 242 Å². The lowest BCUT2D eigenvalue weighted by Crippen LogP contribution is -2.35. The Hall–Kier alpha value is -3.81. The van der Waals surface area contributed by atoms with E-state index in [-0.39, 0.29) is 18.6 Å². The second kappa shape index (κ2) is 12.6. The predicted octanol–water partition coefficient (Wildman–Crippen LogP) is 6.75. The molecule has 3 aromatic rings. The van der Waals surface area contributed by atoms with Crippen molar-refractivity contribution in [3.05, 3.63) is 99.5 Å². The Morgan fingerprint density at radius 2 is 1.75 bits per heavy atom. The molecule has 0 aromatic heterocycles. The van der Waals surface area contributed by atoms with E-state index in [0.29, 0.717) is 21.5 Å². The van der Waals surface area contributed by atoms with Gasteiger partial charge in [-0.05, 0) is 78.4 Å². The van der Waals surface area contributed by atoms with Crippen LogP contribution in [0.1, 0.15) is 36.4 Å². The number of carbonyl (C=O) groups excluding carboxylic acids is 2. The van der Waals surface area contributed by atoms with Gasteiger partial charge < -0.3 is 14.2 Å². The number of esters is 1. The number of halogens is 2. The molecule has 1 aliphatic heterocycles. The first kappa shape index (κ1) is 27.7. The molecule has 2 unspecified atom stereocenters. The summed E-state index contributed by atoms with van der Waals surface area (Å²) < 4.78 is 16.0. The zero-order valence-corrected chi connectivity index (χ0v) is 23.4. The van der Waals surface area contributed by atoms with Gasteiger partial charge in [0.05, 0.1) is 18.9 Å². The van der Waals surface area contributed by atoms with Crippen LogP contribution in [0.3, 0.4) is 0 Å². The van der Waals surface area contributed by atoms with E-state index in [9.17, 15) is 9.59 Å². The molecule has 40 heavy (non-hydrogen) atoms. The molecule has 0 radical (unpaired) electrons. The average Bonchev–Trinajstić information content (AvgIpc) is 3.36. The van der Waals surface area contributed by atoms with Gasteiger partial charge in [-0.25, -0.2) is 9.80 Å². The van der Waals surface area contributed by atoms with Crippen LogP contribution in [0.5, 0.6) is 11.5 Å². The molecule has 1 heterocycles. The van der Waals surface area contributed by atoms with Crippen molar-refractivity contribution in [3.63, 3.8) is 0 Å². The summed E-state index contributed by atoms with van der Waals surface area (Å²) in [7, 11) is 1.51. The number of hydrogen-bond acceptors (Lipinski definition) is 6. The molecule has 0 saturated heterocycles. The van der Waals surface area contributed by atoms with E-state index in [2.05, 4.69) is 6.08 Å². The Balaban J connectivity index is 1.34. The number of ether oxygens (including phenoxy) is 3. The van der Waals surface area contributed by atoms with E-state index >= 15 is 0 Å². The monoisotopic (exact) mass is 578 g/mol. The van der Waals surface area contributed by atoms with Gasteiger partial charge in [-0.15, -0.1) is 0 Å². The minimum Gasteiger partial charge on any atom is -0.493 e. The first-order valence-corrected chi connectivity index (χ1v) is 13.7. The fourth-order valence-electron chi connectivity index (χ4n) is 5.12. The van der Waals surface area contributed by atoms with Crippen molar-refractivity contribution in [3.8, 4) is 11.5 Å². The number of carbonyl (C=O) groups is 2. The van der Waals surface area contributed by atoms with Gasteiger partial charge in [-0.2, -0.15) is 5.10 Å².